The van der Waals surface area contributed by atoms with Gasteiger partial charge >= 0.3 is 12.2 Å². The lowest BCUT2D eigenvalue weighted by molar-refractivity contribution is -0.137. The van der Waals surface area contributed by atoms with Crippen LogP contribution in [0.5, 0.6) is 0 Å². The van der Waals surface area contributed by atoms with Crippen molar-refractivity contribution in [1.82, 2.24) is 15.6 Å². The van der Waals surface area contributed by atoms with E-state index in [2.05, 4.69) is 26.4 Å². The molecule has 0 radical (unpaired) electrons. The molecular formula is C12H9ClF3N5O. The van der Waals surface area contributed by atoms with Gasteiger partial charge in [-0.3, -0.25) is 5.43 Å². The normalized spacial score (nSPS) is 10.9. The molecule has 10 heteroatoms. The number of hydrogen-bond donors (Lipinski definition) is 3. The van der Waals surface area contributed by atoms with Gasteiger partial charge < -0.3 is 5.32 Å². The lowest BCUT2D eigenvalue weighted by Crippen LogP contribution is -2.34. The van der Waals surface area contributed by atoms with E-state index in [1.807, 2.05) is 0 Å². The van der Waals surface area contributed by atoms with E-state index in [1.165, 1.54) is 24.3 Å². The maximum atomic E-state index is 12.5. The number of halogens is 4. The molecule has 0 bridgehead atoms. The second kappa shape index (κ2) is 6.48. The van der Waals surface area contributed by atoms with E-state index < -0.39 is 17.8 Å². The highest BCUT2D eigenvalue weighted by Crippen LogP contribution is 2.30. The van der Waals surface area contributed by atoms with Crippen molar-refractivity contribution in [2.24, 2.45) is 0 Å². The second-order valence-corrected chi connectivity index (χ2v) is 4.41. The van der Waals surface area contributed by atoms with E-state index in [9.17, 15) is 18.0 Å². The van der Waals surface area contributed by atoms with Crippen LogP contribution in [0, 0.1) is 0 Å². The van der Waals surface area contributed by atoms with Gasteiger partial charge in [-0.05, 0) is 30.3 Å². The Morgan fingerprint density at radius 1 is 1.14 bits per heavy atom. The van der Waals surface area contributed by atoms with Gasteiger partial charge in [0.05, 0.1) is 5.56 Å². The van der Waals surface area contributed by atoms with Crippen LogP contribution in [0.2, 0.25) is 5.15 Å². The van der Waals surface area contributed by atoms with E-state index in [4.69, 9.17) is 11.6 Å². The summed E-state index contributed by atoms with van der Waals surface area (Å²) in [5.74, 6) is 0.212. The zero-order chi connectivity index (χ0) is 16.2. The molecule has 6 nitrogen and oxygen atoms in total. The predicted molar refractivity (Wildman–Crippen MR) is 74.3 cm³/mol. The number of carbonyl (C=O) groups excluding carboxylic acids is 1. The molecule has 0 fully saturated rings. The minimum absolute atomic E-state index is 0.00341. The topological polar surface area (TPSA) is 78.9 Å². The minimum atomic E-state index is -4.48. The maximum absolute atomic E-state index is 12.5. The number of amides is 2. The van der Waals surface area contributed by atoms with Gasteiger partial charge in [0.2, 0.25) is 0 Å². The van der Waals surface area contributed by atoms with E-state index in [-0.39, 0.29) is 16.7 Å². The van der Waals surface area contributed by atoms with Crippen LogP contribution in [-0.2, 0) is 6.18 Å². The average Bonchev–Trinajstić information content (AvgIpc) is 2.46. The molecule has 0 aliphatic rings. The van der Waals surface area contributed by atoms with Gasteiger partial charge in [-0.1, -0.05) is 17.7 Å². The minimum Gasteiger partial charge on any atom is -0.307 e. The number of benzene rings is 1. The number of aromatic nitrogens is 2. The highest BCUT2D eigenvalue weighted by Gasteiger charge is 2.30. The molecule has 116 valence electrons. The third-order valence-corrected chi connectivity index (χ3v) is 2.59. The van der Waals surface area contributed by atoms with Gasteiger partial charge in [-0.25, -0.2) is 10.2 Å². The third kappa shape index (κ3) is 4.48. The molecule has 3 N–H and O–H groups in total. The summed E-state index contributed by atoms with van der Waals surface area (Å²) in [6, 6.07) is 6.39. The SMILES string of the molecule is O=C(NNc1ccc(Cl)nn1)Nc1cccc(C(F)(F)F)c1. The molecule has 2 aromatic rings. The standard InChI is InChI=1S/C12H9ClF3N5O/c13-9-4-5-10(19-18-9)20-21-11(22)17-8-3-1-2-7(6-8)12(14,15)16/h1-6H,(H,19,20)(H2,17,21,22). The number of hydrazine groups is 1. The zero-order valence-electron chi connectivity index (χ0n) is 10.8. The molecule has 22 heavy (non-hydrogen) atoms. The number of anilines is 2. The Kier molecular flexibility index (Phi) is 4.66. The molecule has 1 heterocycles. The lowest BCUT2D eigenvalue weighted by Gasteiger charge is -2.11. The molecule has 0 unspecified atom stereocenters. The van der Waals surface area contributed by atoms with Crippen molar-refractivity contribution in [3.63, 3.8) is 0 Å². The van der Waals surface area contributed by atoms with Crippen molar-refractivity contribution in [3.05, 3.63) is 47.1 Å². The summed E-state index contributed by atoms with van der Waals surface area (Å²) in [6.07, 6.45) is -4.48. The Hall–Kier alpha value is -2.55. The summed E-state index contributed by atoms with van der Waals surface area (Å²) in [5, 5.41) is 9.58. The fourth-order valence-electron chi connectivity index (χ4n) is 1.44. The highest BCUT2D eigenvalue weighted by atomic mass is 35.5. The predicted octanol–water partition coefficient (Wildman–Crippen LogP) is 3.30. The number of carbonyl (C=O) groups is 1. The monoisotopic (exact) mass is 331 g/mol. The maximum Gasteiger partial charge on any atom is 0.416 e. The molecule has 0 aliphatic heterocycles. The lowest BCUT2D eigenvalue weighted by atomic mass is 10.2. The van der Waals surface area contributed by atoms with E-state index in [1.54, 1.807) is 0 Å². The quantitative estimate of drug-likeness (QED) is 0.754. The smallest absolute Gasteiger partial charge is 0.307 e. The van der Waals surface area contributed by atoms with Crippen LogP contribution in [-0.4, -0.2) is 16.2 Å². The highest BCUT2D eigenvalue weighted by molar-refractivity contribution is 6.29. The number of hydrogen-bond acceptors (Lipinski definition) is 4. The first-order chi connectivity index (χ1) is 10.3. The average molecular weight is 332 g/mol. The number of nitrogens with one attached hydrogen (secondary N) is 3. The Balaban J connectivity index is 1.93. The van der Waals surface area contributed by atoms with E-state index >= 15 is 0 Å². The van der Waals surface area contributed by atoms with Crippen LogP contribution >= 0.6 is 11.6 Å². The summed E-state index contributed by atoms with van der Waals surface area (Å²) in [5.41, 5.74) is 3.76. The van der Waals surface area contributed by atoms with Gasteiger partial charge in [0, 0.05) is 5.69 Å². The van der Waals surface area contributed by atoms with Crippen molar-refractivity contribution in [1.29, 1.82) is 0 Å². The number of alkyl halides is 3. The van der Waals surface area contributed by atoms with E-state index in [0.717, 1.165) is 12.1 Å². The summed E-state index contributed by atoms with van der Waals surface area (Å²) in [6.45, 7) is 0. The second-order valence-electron chi connectivity index (χ2n) is 4.02. The van der Waals surface area contributed by atoms with Crippen LogP contribution in [0.15, 0.2) is 36.4 Å². The van der Waals surface area contributed by atoms with Crippen LogP contribution in [0.4, 0.5) is 29.5 Å². The Morgan fingerprint density at radius 3 is 2.55 bits per heavy atom. The molecule has 1 aromatic carbocycles. The van der Waals surface area contributed by atoms with Crippen molar-refractivity contribution < 1.29 is 18.0 Å². The van der Waals surface area contributed by atoms with Gasteiger partial charge in [-0.2, -0.15) is 13.2 Å². The van der Waals surface area contributed by atoms with Crippen LogP contribution in [0.1, 0.15) is 5.56 Å². The van der Waals surface area contributed by atoms with Crippen molar-refractivity contribution >= 4 is 29.1 Å². The molecule has 0 aliphatic carbocycles. The Labute approximate surface area is 127 Å². The largest absolute Gasteiger partial charge is 0.416 e. The first-order valence-electron chi connectivity index (χ1n) is 5.84. The molecule has 0 saturated carbocycles. The molecule has 0 saturated heterocycles. The number of rotatable bonds is 3. The van der Waals surface area contributed by atoms with Crippen LogP contribution in [0.25, 0.3) is 0 Å². The molecule has 2 amide bonds. The van der Waals surface area contributed by atoms with Gasteiger partial charge in [0.15, 0.2) is 11.0 Å². The molecule has 0 atom stereocenters. The molecule has 1 aromatic heterocycles. The van der Waals surface area contributed by atoms with Crippen LogP contribution < -0.4 is 16.2 Å². The van der Waals surface area contributed by atoms with Crippen molar-refractivity contribution in [2.75, 3.05) is 10.7 Å². The van der Waals surface area contributed by atoms with Crippen LogP contribution in [0.3, 0.4) is 0 Å². The third-order valence-electron chi connectivity index (χ3n) is 2.38. The van der Waals surface area contributed by atoms with E-state index in [0.29, 0.717) is 0 Å². The molecule has 0 spiro atoms. The Bertz CT molecular complexity index is 663. The molecule has 2 rings (SSSR count). The first-order valence-corrected chi connectivity index (χ1v) is 6.22. The Morgan fingerprint density at radius 2 is 1.91 bits per heavy atom. The van der Waals surface area contributed by atoms with Gasteiger partial charge in [0.1, 0.15) is 0 Å². The van der Waals surface area contributed by atoms with Gasteiger partial charge in [0.25, 0.3) is 0 Å². The fourth-order valence-corrected chi connectivity index (χ4v) is 1.54. The summed E-state index contributed by atoms with van der Waals surface area (Å²) in [7, 11) is 0. The van der Waals surface area contributed by atoms with Crippen molar-refractivity contribution in [2.45, 2.75) is 6.18 Å². The number of urea groups is 1. The summed E-state index contributed by atoms with van der Waals surface area (Å²) >= 11 is 5.54. The summed E-state index contributed by atoms with van der Waals surface area (Å²) in [4.78, 5) is 11.6. The van der Waals surface area contributed by atoms with Gasteiger partial charge in [-0.15, -0.1) is 10.2 Å². The number of nitrogens with zero attached hydrogens (tertiary/aromatic N) is 2. The van der Waals surface area contributed by atoms with Crippen molar-refractivity contribution in [3.8, 4) is 0 Å². The molecular weight excluding hydrogens is 323 g/mol. The first kappa shape index (κ1) is 15.8. The fraction of sp³-hybridized carbons (Fsp3) is 0.0833. The zero-order valence-corrected chi connectivity index (χ0v) is 11.5. The summed E-state index contributed by atoms with van der Waals surface area (Å²) < 4.78 is 37.6.